The SMILES string of the molecule is Cc1ccccc1C1CNCC(C)(C)N1. The zero-order valence-electron chi connectivity index (χ0n) is 9.80. The van der Waals surface area contributed by atoms with Gasteiger partial charge < -0.3 is 10.6 Å². The lowest BCUT2D eigenvalue weighted by atomic mass is 9.94. The molecular weight excluding hydrogens is 184 g/mol. The summed E-state index contributed by atoms with van der Waals surface area (Å²) in [6, 6.07) is 9.05. The molecule has 15 heavy (non-hydrogen) atoms. The van der Waals surface area contributed by atoms with Crippen molar-refractivity contribution in [3.63, 3.8) is 0 Å². The Kier molecular flexibility index (Phi) is 2.81. The van der Waals surface area contributed by atoms with E-state index < -0.39 is 0 Å². The van der Waals surface area contributed by atoms with E-state index in [-0.39, 0.29) is 5.54 Å². The summed E-state index contributed by atoms with van der Waals surface area (Å²) in [5.74, 6) is 0. The normalized spacial score (nSPS) is 25.1. The van der Waals surface area contributed by atoms with Crippen LogP contribution >= 0.6 is 0 Å². The summed E-state index contributed by atoms with van der Waals surface area (Å²) in [7, 11) is 0. The van der Waals surface area contributed by atoms with Gasteiger partial charge >= 0.3 is 0 Å². The van der Waals surface area contributed by atoms with Crippen LogP contribution in [0.15, 0.2) is 24.3 Å². The van der Waals surface area contributed by atoms with E-state index in [9.17, 15) is 0 Å². The van der Waals surface area contributed by atoms with Gasteiger partial charge in [0.15, 0.2) is 0 Å². The standard InChI is InChI=1S/C13H20N2/c1-10-6-4-5-7-11(10)12-8-14-9-13(2,3)15-12/h4-7,12,14-15H,8-9H2,1-3H3. The molecule has 1 unspecified atom stereocenters. The third-order valence-electron chi connectivity index (χ3n) is 3.04. The molecule has 0 aromatic heterocycles. The van der Waals surface area contributed by atoms with Crippen molar-refractivity contribution in [3.8, 4) is 0 Å². The minimum atomic E-state index is 0.186. The van der Waals surface area contributed by atoms with Crippen LogP contribution in [0, 0.1) is 6.92 Å². The number of hydrogen-bond acceptors (Lipinski definition) is 2. The highest BCUT2D eigenvalue weighted by Gasteiger charge is 2.27. The van der Waals surface area contributed by atoms with E-state index >= 15 is 0 Å². The van der Waals surface area contributed by atoms with Gasteiger partial charge in [0, 0.05) is 24.7 Å². The van der Waals surface area contributed by atoms with Gasteiger partial charge in [-0.25, -0.2) is 0 Å². The van der Waals surface area contributed by atoms with Crippen LogP contribution in [-0.4, -0.2) is 18.6 Å². The first-order valence-corrected chi connectivity index (χ1v) is 5.62. The highest BCUT2D eigenvalue weighted by atomic mass is 15.1. The monoisotopic (exact) mass is 204 g/mol. The van der Waals surface area contributed by atoms with Gasteiger partial charge in [-0.2, -0.15) is 0 Å². The molecule has 1 aromatic carbocycles. The second-order valence-electron chi connectivity index (χ2n) is 5.07. The van der Waals surface area contributed by atoms with Gasteiger partial charge in [-0.1, -0.05) is 24.3 Å². The Morgan fingerprint density at radius 3 is 2.67 bits per heavy atom. The quantitative estimate of drug-likeness (QED) is 0.731. The lowest BCUT2D eigenvalue weighted by Crippen LogP contribution is -2.56. The van der Waals surface area contributed by atoms with Crippen molar-refractivity contribution in [3.05, 3.63) is 35.4 Å². The van der Waals surface area contributed by atoms with E-state index in [1.807, 2.05) is 0 Å². The highest BCUT2D eigenvalue weighted by molar-refractivity contribution is 5.29. The molecule has 1 aliphatic heterocycles. The smallest absolute Gasteiger partial charge is 0.0453 e. The molecule has 1 aromatic rings. The van der Waals surface area contributed by atoms with Crippen LogP contribution in [0.1, 0.15) is 31.0 Å². The van der Waals surface area contributed by atoms with Crippen molar-refractivity contribution in [2.75, 3.05) is 13.1 Å². The first-order chi connectivity index (χ1) is 7.08. The second kappa shape index (κ2) is 3.95. The van der Waals surface area contributed by atoms with Crippen LogP contribution < -0.4 is 10.6 Å². The van der Waals surface area contributed by atoms with Crippen molar-refractivity contribution in [1.82, 2.24) is 10.6 Å². The molecule has 0 bridgehead atoms. The van der Waals surface area contributed by atoms with Gasteiger partial charge in [-0.3, -0.25) is 0 Å². The molecule has 1 fully saturated rings. The third-order valence-corrected chi connectivity index (χ3v) is 3.04. The summed E-state index contributed by atoms with van der Waals surface area (Å²) < 4.78 is 0. The number of hydrogen-bond donors (Lipinski definition) is 2. The van der Waals surface area contributed by atoms with E-state index in [1.54, 1.807) is 0 Å². The van der Waals surface area contributed by atoms with E-state index in [4.69, 9.17) is 0 Å². The van der Waals surface area contributed by atoms with E-state index in [2.05, 4.69) is 55.7 Å². The predicted molar refractivity (Wildman–Crippen MR) is 64.0 cm³/mol. The first-order valence-electron chi connectivity index (χ1n) is 5.62. The summed E-state index contributed by atoms with van der Waals surface area (Å²) in [5.41, 5.74) is 2.97. The average Bonchev–Trinajstić information content (AvgIpc) is 2.17. The molecule has 0 saturated carbocycles. The number of rotatable bonds is 1. The lowest BCUT2D eigenvalue weighted by molar-refractivity contribution is 0.264. The molecule has 2 heteroatoms. The molecule has 2 N–H and O–H groups in total. The fraction of sp³-hybridized carbons (Fsp3) is 0.538. The molecule has 1 aliphatic rings. The van der Waals surface area contributed by atoms with Crippen LogP contribution in [-0.2, 0) is 0 Å². The molecule has 82 valence electrons. The highest BCUT2D eigenvalue weighted by Crippen LogP contribution is 2.22. The maximum absolute atomic E-state index is 3.69. The Morgan fingerprint density at radius 1 is 1.27 bits per heavy atom. The molecule has 0 spiro atoms. The Hall–Kier alpha value is -0.860. The number of aryl methyl sites for hydroxylation is 1. The molecule has 2 rings (SSSR count). The Morgan fingerprint density at radius 2 is 2.00 bits per heavy atom. The summed E-state index contributed by atoms with van der Waals surface area (Å²) in [6.45, 7) is 8.72. The van der Waals surface area contributed by atoms with Crippen molar-refractivity contribution < 1.29 is 0 Å². The zero-order chi connectivity index (χ0) is 10.9. The van der Waals surface area contributed by atoms with Gasteiger partial charge in [0.2, 0.25) is 0 Å². The molecule has 2 nitrogen and oxygen atoms in total. The number of benzene rings is 1. The maximum Gasteiger partial charge on any atom is 0.0453 e. The van der Waals surface area contributed by atoms with Crippen molar-refractivity contribution in [2.24, 2.45) is 0 Å². The molecule has 1 atom stereocenters. The lowest BCUT2D eigenvalue weighted by Gasteiger charge is -2.38. The summed E-state index contributed by atoms with van der Waals surface area (Å²) in [5, 5.41) is 7.18. The van der Waals surface area contributed by atoms with Crippen molar-refractivity contribution in [1.29, 1.82) is 0 Å². The molecule has 0 amide bonds. The third kappa shape index (κ3) is 2.39. The van der Waals surface area contributed by atoms with E-state index in [0.717, 1.165) is 13.1 Å². The number of piperazine rings is 1. The van der Waals surface area contributed by atoms with Crippen LogP contribution in [0.5, 0.6) is 0 Å². The minimum absolute atomic E-state index is 0.186. The average molecular weight is 204 g/mol. The Balaban J connectivity index is 2.21. The second-order valence-corrected chi connectivity index (χ2v) is 5.07. The Labute approximate surface area is 92.1 Å². The summed E-state index contributed by atoms with van der Waals surface area (Å²) in [4.78, 5) is 0. The topological polar surface area (TPSA) is 24.1 Å². The zero-order valence-corrected chi connectivity index (χ0v) is 9.80. The minimum Gasteiger partial charge on any atom is -0.313 e. The van der Waals surface area contributed by atoms with E-state index in [0.29, 0.717) is 6.04 Å². The van der Waals surface area contributed by atoms with Gasteiger partial charge in [0.25, 0.3) is 0 Å². The van der Waals surface area contributed by atoms with E-state index in [1.165, 1.54) is 11.1 Å². The van der Waals surface area contributed by atoms with Crippen LogP contribution in [0.4, 0.5) is 0 Å². The van der Waals surface area contributed by atoms with Gasteiger partial charge in [-0.15, -0.1) is 0 Å². The predicted octanol–water partition coefficient (Wildman–Crippen LogP) is 2.01. The summed E-state index contributed by atoms with van der Waals surface area (Å²) in [6.07, 6.45) is 0. The van der Waals surface area contributed by atoms with Gasteiger partial charge in [0.1, 0.15) is 0 Å². The van der Waals surface area contributed by atoms with Gasteiger partial charge in [0.05, 0.1) is 0 Å². The fourth-order valence-corrected chi connectivity index (χ4v) is 2.27. The Bertz CT molecular complexity index is 344. The molecule has 0 radical (unpaired) electrons. The number of nitrogens with one attached hydrogen (secondary N) is 2. The maximum atomic E-state index is 3.69. The molecule has 1 saturated heterocycles. The molecular formula is C13H20N2. The van der Waals surface area contributed by atoms with Crippen LogP contribution in [0.2, 0.25) is 0 Å². The largest absolute Gasteiger partial charge is 0.313 e. The van der Waals surface area contributed by atoms with Crippen molar-refractivity contribution in [2.45, 2.75) is 32.4 Å². The van der Waals surface area contributed by atoms with Crippen LogP contribution in [0.3, 0.4) is 0 Å². The van der Waals surface area contributed by atoms with Crippen LogP contribution in [0.25, 0.3) is 0 Å². The molecule has 1 heterocycles. The first kappa shape index (κ1) is 10.7. The van der Waals surface area contributed by atoms with Crippen molar-refractivity contribution >= 4 is 0 Å². The summed E-state index contributed by atoms with van der Waals surface area (Å²) >= 11 is 0. The van der Waals surface area contributed by atoms with Gasteiger partial charge in [-0.05, 0) is 31.9 Å². The fourth-order valence-electron chi connectivity index (χ4n) is 2.27. The molecule has 0 aliphatic carbocycles.